The van der Waals surface area contributed by atoms with E-state index in [4.69, 9.17) is 14.2 Å². The van der Waals surface area contributed by atoms with Crippen molar-refractivity contribution in [3.05, 3.63) is 0 Å². The maximum Gasteiger partial charge on any atom is 0.186 e. The van der Waals surface area contributed by atoms with Crippen LogP contribution in [0, 0.1) is 5.92 Å². The highest BCUT2D eigenvalue weighted by Gasteiger charge is 2.42. The molecule has 0 spiro atoms. The van der Waals surface area contributed by atoms with E-state index in [1.54, 1.807) is 6.92 Å². The van der Waals surface area contributed by atoms with Crippen LogP contribution in [0.25, 0.3) is 0 Å². The number of methoxy groups -OCH3 is 1. The maximum absolute atomic E-state index is 10.2. The Bertz CT molecular complexity index is 255. The number of hydrogen-bond acceptors (Lipinski definition) is 7. The van der Waals surface area contributed by atoms with E-state index in [1.165, 1.54) is 7.11 Å². The molecule has 1 rings (SSSR count). The molecule has 1 fully saturated rings. The summed E-state index contributed by atoms with van der Waals surface area (Å²) >= 11 is 0. The van der Waals surface area contributed by atoms with Gasteiger partial charge in [0, 0.05) is 13.0 Å². The number of aliphatic hydroxyl groups excluding tert-OH is 2. The minimum absolute atomic E-state index is 0.0151. The van der Waals surface area contributed by atoms with Gasteiger partial charge in [-0.1, -0.05) is 6.92 Å². The average Bonchev–Trinajstić information content (AvgIpc) is 2.29. The van der Waals surface area contributed by atoms with Gasteiger partial charge in [0.1, 0.15) is 6.10 Å². The number of aliphatic hydroxyl groups is 2. The van der Waals surface area contributed by atoms with Gasteiger partial charge in [-0.2, -0.15) is 0 Å². The third-order valence-electron chi connectivity index (χ3n) is 2.80. The molecule has 0 radical (unpaired) electrons. The summed E-state index contributed by atoms with van der Waals surface area (Å²) in [5, 5.41) is 29.5. The monoisotopic (exact) mass is 249 g/mol. The van der Waals surface area contributed by atoms with Crippen LogP contribution in [0.15, 0.2) is 0 Å². The first kappa shape index (κ1) is 14.3. The molecule has 7 heteroatoms. The van der Waals surface area contributed by atoms with Crippen molar-refractivity contribution < 1.29 is 34.3 Å². The van der Waals surface area contributed by atoms with Crippen LogP contribution in [0.5, 0.6) is 0 Å². The lowest BCUT2D eigenvalue weighted by atomic mass is 9.91. The Morgan fingerprint density at radius 2 is 2.06 bits per heavy atom. The van der Waals surface area contributed by atoms with E-state index in [2.05, 4.69) is 0 Å². The lowest BCUT2D eigenvalue weighted by Gasteiger charge is -2.40. The van der Waals surface area contributed by atoms with E-state index in [0.717, 1.165) is 0 Å². The van der Waals surface area contributed by atoms with Crippen LogP contribution >= 0.6 is 0 Å². The summed E-state index contributed by atoms with van der Waals surface area (Å²) in [5.41, 5.74) is 0. The van der Waals surface area contributed by atoms with Gasteiger partial charge in [-0.15, -0.1) is 0 Å². The van der Waals surface area contributed by atoms with E-state index in [9.17, 15) is 20.1 Å². The van der Waals surface area contributed by atoms with Gasteiger partial charge in [-0.25, -0.2) is 0 Å². The Morgan fingerprint density at radius 1 is 1.41 bits per heavy atom. The van der Waals surface area contributed by atoms with Gasteiger partial charge in [0.25, 0.3) is 0 Å². The molecule has 0 aromatic heterocycles. The molecule has 1 aliphatic rings. The molecule has 0 amide bonds. The van der Waals surface area contributed by atoms with E-state index in [1.807, 2.05) is 0 Å². The van der Waals surface area contributed by atoms with Crippen LogP contribution in [0.1, 0.15) is 6.92 Å². The van der Waals surface area contributed by atoms with Crippen molar-refractivity contribution in [1.82, 2.24) is 0 Å². The molecule has 0 aromatic rings. The summed E-state index contributed by atoms with van der Waals surface area (Å²) in [4.78, 5) is 10.2. The number of rotatable bonds is 5. The molecule has 0 aromatic carbocycles. The Morgan fingerprint density at radius 3 is 2.59 bits per heavy atom. The number of carboxylic acid groups (broad SMARTS) is 1. The zero-order valence-corrected chi connectivity index (χ0v) is 9.74. The number of ether oxygens (including phenoxy) is 3. The largest absolute Gasteiger partial charge is 0.548 e. The summed E-state index contributed by atoms with van der Waals surface area (Å²) in [6.07, 6.45) is -3.63. The van der Waals surface area contributed by atoms with Gasteiger partial charge in [-0.05, 0) is 0 Å². The van der Waals surface area contributed by atoms with Crippen LogP contribution < -0.4 is 5.11 Å². The molecule has 0 saturated carbocycles. The maximum atomic E-state index is 10.2. The van der Waals surface area contributed by atoms with Crippen molar-refractivity contribution in [3.8, 4) is 0 Å². The van der Waals surface area contributed by atoms with E-state index in [0.29, 0.717) is 0 Å². The number of carbonyl (C=O) groups is 1. The van der Waals surface area contributed by atoms with E-state index in [-0.39, 0.29) is 6.61 Å². The van der Waals surface area contributed by atoms with Gasteiger partial charge >= 0.3 is 0 Å². The van der Waals surface area contributed by atoms with Crippen LogP contribution in [0.4, 0.5) is 0 Å². The van der Waals surface area contributed by atoms with Crippen LogP contribution in [-0.4, -0.2) is 61.1 Å². The summed E-state index contributed by atoms with van der Waals surface area (Å²) < 4.78 is 15.1. The van der Waals surface area contributed by atoms with E-state index < -0.39 is 43.1 Å². The molecule has 2 unspecified atom stereocenters. The molecular weight excluding hydrogens is 232 g/mol. The molecule has 2 N–H and O–H groups in total. The molecule has 17 heavy (non-hydrogen) atoms. The average molecular weight is 249 g/mol. The number of hydrogen-bond donors (Lipinski definition) is 2. The molecule has 0 aliphatic carbocycles. The van der Waals surface area contributed by atoms with Gasteiger partial charge in [-0.3, -0.25) is 0 Å². The zero-order chi connectivity index (χ0) is 13.0. The van der Waals surface area contributed by atoms with Crippen molar-refractivity contribution in [2.45, 2.75) is 31.5 Å². The second-order valence-electron chi connectivity index (χ2n) is 4.01. The molecule has 1 aliphatic heterocycles. The summed E-state index contributed by atoms with van der Waals surface area (Å²) in [6.45, 7) is 1.12. The summed E-state index contributed by atoms with van der Waals surface area (Å²) in [6, 6.07) is 0. The van der Waals surface area contributed by atoms with Gasteiger partial charge in [0.05, 0.1) is 31.4 Å². The van der Waals surface area contributed by atoms with Gasteiger partial charge in [0.15, 0.2) is 6.29 Å². The topological polar surface area (TPSA) is 108 Å². The molecule has 5 atom stereocenters. The van der Waals surface area contributed by atoms with Crippen LogP contribution in [-0.2, 0) is 19.0 Å². The SMILES string of the molecule is CO[C@@H]1OC(COCC(=O)[O-])[C@@H](C)[C@H](O)C1O. The third-order valence-corrected chi connectivity index (χ3v) is 2.80. The highest BCUT2D eigenvalue weighted by molar-refractivity contribution is 5.65. The molecule has 0 bridgehead atoms. The standard InChI is InChI=1S/C10H18O7/c1-5-6(3-16-4-7(11)12)17-10(15-2)9(14)8(5)13/h5-6,8-10,13-14H,3-4H2,1-2H3,(H,11,12)/p-1/t5-,6?,8+,9?,10-/m1/s1. The number of carboxylic acids is 1. The van der Waals surface area contributed by atoms with Gasteiger partial charge < -0.3 is 34.3 Å². The summed E-state index contributed by atoms with van der Waals surface area (Å²) in [5.74, 6) is -1.71. The normalized spacial score (nSPS) is 38.0. The minimum Gasteiger partial charge on any atom is -0.548 e. The fourth-order valence-electron chi connectivity index (χ4n) is 1.71. The lowest BCUT2D eigenvalue weighted by Crippen LogP contribution is -2.55. The third kappa shape index (κ3) is 3.62. The highest BCUT2D eigenvalue weighted by atomic mass is 16.7. The van der Waals surface area contributed by atoms with Crippen LogP contribution in [0.2, 0.25) is 0 Å². The van der Waals surface area contributed by atoms with Crippen molar-refractivity contribution in [3.63, 3.8) is 0 Å². The fraction of sp³-hybridized carbons (Fsp3) is 0.900. The predicted octanol–water partition coefficient (Wildman–Crippen LogP) is -2.52. The fourth-order valence-corrected chi connectivity index (χ4v) is 1.71. The van der Waals surface area contributed by atoms with E-state index >= 15 is 0 Å². The Labute approximate surface area is 98.9 Å². The second kappa shape index (κ2) is 6.27. The van der Waals surface area contributed by atoms with Crippen molar-refractivity contribution in [2.24, 2.45) is 5.92 Å². The molecule has 1 saturated heterocycles. The molecule has 7 nitrogen and oxygen atoms in total. The number of aliphatic carboxylic acids is 1. The first-order valence-corrected chi connectivity index (χ1v) is 5.29. The quantitative estimate of drug-likeness (QED) is 0.553. The van der Waals surface area contributed by atoms with Crippen molar-refractivity contribution >= 4 is 5.97 Å². The predicted molar refractivity (Wildman–Crippen MR) is 52.7 cm³/mol. The number of carbonyl (C=O) groups excluding carboxylic acids is 1. The lowest BCUT2D eigenvalue weighted by molar-refractivity contribution is -0.312. The summed E-state index contributed by atoms with van der Waals surface area (Å²) in [7, 11) is 1.34. The molecule has 1 heterocycles. The Hall–Kier alpha value is -0.730. The molecule has 100 valence electrons. The van der Waals surface area contributed by atoms with Crippen molar-refractivity contribution in [2.75, 3.05) is 20.3 Å². The second-order valence-corrected chi connectivity index (χ2v) is 4.01. The highest BCUT2D eigenvalue weighted by Crippen LogP contribution is 2.26. The Kier molecular flexibility index (Phi) is 5.29. The smallest absolute Gasteiger partial charge is 0.186 e. The first-order valence-electron chi connectivity index (χ1n) is 5.29. The van der Waals surface area contributed by atoms with Gasteiger partial charge in [0.2, 0.25) is 0 Å². The minimum atomic E-state index is -1.32. The van der Waals surface area contributed by atoms with Crippen molar-refractivity contribution in [1.29, 1.82) is 0 Å². The Balaban J connectivity index is 2.50. The first-order chi connectivity index (χ1) is 7.97. The zero-order valence-electron chi connectivity index (χ0n) is 9.74. The van der Waals surface area contributed by atoms with Crippen LogP contribution in [0.3, 0.4) is 0 Å². The molecular formula is C10H17O7-.